The summed E-state index contributed by atoms with van der Waals surface area (Å²) < 4.78 is 0. The number of aromatic nitrogens is 1. The molecule has 0 atom stereocenters. The van der Waals surface area contributed by atoms with E-state index in [1.165, 1.54) is 0 Å². The Balaban J connectivity index is 2.34. The van der Waals surface area contributed by atoms with Crippen LogP contribution in [0.3, 0.4) is 0 Å². The molecule has 0 unspecified atom stereocenters. The molecule has 0 aliphatic heterocycles. The maximum absolute atomic E-state index is 11.3. The predicted octanol–water partition coefficient (Wildman–Crippen LogP) is 5.02. The van der Waals surface area contributed by atoms with Gasteiger partial charge in [0.25, 0.3) is 0 Å². The second kappa shape index (κ2) is 5.23. The first kappa shape index (κ1) is 13.1. The molecule has 0 radical (unpaired) electrons. The van der Waals surface area contributed by atoms with E-state index in [9.17, 15) is 4.79 Å². The molecule has 0 bridgehead atoms. The molecule has 1 heterocycles. The number of halogens is 2. The van der Waals surface area contributed by atoms with Gasteiger partial charge in [0.15, 0.2) is 6.29 Å². The number of carbonyl (C=O) groups is 1. The van der Waals surface area contributed by atoms with Crippen molar-refractivity contribution in [3.63, 3.8) is 0 Å². The van der Waals surface area contributed by atoms with E-state index >= 15 is 0 Å². The van der Waals surface area contributed by atoms with Gasteiger partial charge in [-0.1, -0.05) is 41.4 Å². The molecule has 3 aromatic rings. The van der Waals surface area contributed by atoms with Crippen LogP contribution in [0.2, 0.25) is 10.0 Å². The fourth-order valence-electron chi connectivity index (χ4n) is 2.14. The van der Waals surface area contributed by atoms with Crippen LogP contribution in [0.4, 0.5) is 0 Å². The average molecular weight is 302 g/mol. The lowest BCUT2D eigenvalue weighted by molar-refractivity contribution is 0.112. The Morgan fingerprint density at radius 3 is 2.55 bits per heavy atom. The van der Waals surface area contributed by atoms with Crippen LogP contribution in [-0.4, -0.2) is 11.3 Å². The Hall–Kier alpha value is -1.90. The molecule has 3 rings (SSSR count). The van der Waals surface area contributed by atoms with Crippen LogP contribution < -0.4 is 0 Å². The topological polar surface area (TPSA) is 30.0 Å². The van der Waals surface area contributed by atoms with Gasteiger partial charge < -0.3 is 0 Å². The number of hydrogen-bond acceptors (Lipinski definition) is 2. The summed E-state index contributed by atoms with van der Waals surface area (Å²) in [7, 11) is 0. The summed E-state index contributed by atoms with van der Waals surface area (Å²) in [5.41, 5.74) is 2.52. The molecule has 0 saturated carbocycles. The lowest BCUT2D eigenvalue weighted by atomic mass is 10.0. The second-order valence-electron chi connectivity index (χ2n) is 4.36. The van der Waals surface area contributed by atoms with E-state index in [0.29, 0.717) is 26.9 Å². The van der Waals surface area contributed by atoms with Gasteiger partial charge in [-0.25, -0.2) is 4.98 Å². The molecular weight excluding hydrogens is 293 g/mol. The minimum atomic E-state index is 0.355. The van der Waals surface area contributed by atoms with Gasteiger partial charge in [0, 0.05) is 26.6 Å². The van der Waals surface area contributed by atoms with Crippen molar-refractivity contribution in [3.05, 3.63) is 64.3 Å². The van der Waals surface area contributed by atoms with Crippen molar-refractivity contribution in [2.24, 2.45) is 0 Å². The summed E-state index contributed by atoms with van der Waals surface area (Å²) in [6, 6.07) is 14.7. The highest BCUT2D eigenvalue weighted by molar-refractivity contribution is 6.35. The lowest BCUT2D eigenvalue weighted by Crippen LogP contribution is -1.94. The highest BCUT2D eigenvalue weighted by Gasteiger charge is 2.12. The highest BCUT2D eigenvalue weighted by atomic mass is 35.5. The molecule has 2 nitrogen and oxygen atoms in total. The minimum absolute atomic E-state index is 0.355. The fraction of sp³-hybridized carbons (Fsp3) is 0. The summed E-state index contributed by atoms with van der Waals surface area (Å²) in [4.78, 5) is 15.7. The largest absolute Gasteiger partial charge is 0.296 e. The Morgan fingerprint density at radius 1 is 0.950 bits per heavy atom. The number of rotatable bonds is 2. The fourth-order valence-corrected chi connectivity index (χ4v) is 2.53. The number of aldehydes is 1. The Labute approximate surface area is 126 Å². The summed E-state index contributed by atoms with van der Waals surface area (Å²) in [5.74, 6) is 0. The van der Waals surface area contributed by atoms with E-state index in [1.54, 1.807) is 18.2 Å². The predicted molar refractivity (Wildman–Crippen MR) is 82.6 cm³/mol. The molecule has 0 aliphatic carbocycles. The number of carbonyl (C=O) groups excluding carboxylic acids is 1. The van der Waals surface area contributed by atoms with Gasteiger partial charge in [0.05, 0.1) is 5.52 Å². The van der Waals surface area contributed by atoms with Crippen molar-refractivity contribution >= 4 is 40.4 Å². The number of nitrogens with zero attached hydrogens (tertiary/aromatic N) is 1. The SMILES string of the molecule is O=Cc1nc2ccccc2cc1-c1cc(Cl)ccc1Cl. The van der Waals surface area contributed by atoms with Crippen LogP contribution >= 0.6 is 23.2 Å². The third-order valence-electron chi connectivity index (χ3n) is 3.08. The molecular formula is C16H9Cl2NO. The molecule has 1 aromatic heterocycles. The number of benzene rings is 2. The zero-order valence-corrected chi connectivity index (χ0v) is 11.8. The lowest BCUT2D eigenvalue weighted by Gasteiger charge is -2.09. The van der Waals surface area contributed by atoms with Crippen LogP contribution in [0.15, 0.2) is 48.5 Å². The standard InChI is InChI=1S/C16H9Cl2NO/c17-11-5-6-14(18)12(8-11)13-7-10-3-1-2-4-15(10)19-16(13)9-20/h1-9H. The normalized spacial score (nSPS) is 10.7. The first-order valence-corrected chi connectivity index (χ1v) is 6.75. The van der Waals surface area contributed by atoms with Gasteiger partial charge in [-0.3, -0.25) is 4.79 Å². The Kier molecular flexibility index (Phi) is 3.43. The van der Waals surface area contributed by atoms with Crippen LogP contribution in [0, 0.1) is 0 Å². The molecule has 2 aromatic carbocycles. The van der Waals surface area contributed by atoms with Gasteiger partial charge in [-0.2, -0.15) is 0 Å². The summed E-state index contributed by atoms with van der Waals surface area (Å²) >= 11 is 12.2. The summed E-state index contributed by atoms with van der Waals surface area (Å²) in [6.45, 7) is 0. The van der Waals surface area contributed by atoms with E-state index in [2.05, 4.69) is 4.98 Å². The molecule has 0 aliphatic rings. The maximum Gasteiger partial charge on any atom is 0.169 e. The Bertz CT molecular complexity index is 815. The Morgan fingerprint density at radius 2 is 1.75 bits per heavy atom. The quantitative estimate of drug-likeness (QED) is 0.622. The van der Waals surface area contributed by atoms with Gasteiger partial charge >= 0.3 is 0 Å². The summed E-state index contributed by atoms with van der Waals surface area (Å²) in [5, 5.41) is 2.05. The van der Waals surface area contributed by atoms with Crippen molar-refractivity contribution in [3.8, 4) is 11.1 Å². The second-order valence-corrected chi connectivity index (χ2v) is 5.20. The van der Waals surface area contributed by atoms with Crippen molar-refractivity contribution < 1.29 is 4.79 Å². The zero-order chi connectivity index (χ0) is 14.1. The maximum atomic E-state index is 11.3. The van der Waals surface area contributed by atoms with Gasteiger partial charge in [0.1, 0.15) is 5.69 Å². The minimum Gasteiger partial charge on any atom is -0.296 e. The molecule has 20 heavy (non-hydrogen) atoms. The average Bonchev–Trinajstić information content (AvgIpc) is 2.48. The van der Waals surface area contributed by atoms with E-state index < -0.39 is 0 Å². The number of pyridine rings is 1. The summed E-state index contributed by atoms with van der Waals surface area (Å²) in [6.07, 6.45) is 0.735. The first-order valence-electron chi connectivity index (χ1n) is 5.99. The van der Waals surface area contributed by atoms with Crippen LogP contribution in [0.1, 0.15) is 10.5 Å². The third-order valence-corrected chi connectivity index (χ3v) is 3.65. The van der Waals surface area contributed by atoms with E-state index in [0.717, 1.165) is 17.2 Å². The molecule has 0 fully saturated rings. The van der Waals surface area contributed by atoms with E-state index in [4.69, 9.17) is 23.2 Å². The van der Waals surface area contributed by atoms with Crippen molar-refractivity contribution in [1.29, 1.82) is 0 Å². The van der Waals surface area contributed by atoms with Crippen LogP contribution in [0.5, 0.6) is 0 Å². The molecule has 0 spiro atoms. The molecule has 0 N–H and O–H groups in total. The van der Waals surface area contributed by atoms with Crippen molar-refractivity contribution in [2.45, 2.75) is 0 Å². The molecule has 0 saturated heterocycles. The van der Waals surface area contributed by atoms with E-state index in [1.807, 2.05) is 30.3 Å². The van der Waals surface area contributed by atoms with Gasteiger partial charge in [-0.05, 0) is 30.3 Å². The molecule has 98 valence electrons. The molecule has 0 amide bonds. The van der Waals surface area contributed by atoms with Gasteiger partial charge in [0.2, 0.25) is 0 Å². The van der Waals surface area contributed by atoms with Crippen LogP contribution in [-0.2, 0) is 0 Å². The van der Waals surface area contributed by atoms with Crippen LogP contribution in [0.25, 0.3) is 22.0 Å². The zero-order valence-electron chi connectivity index (χ0n) is 10.3. The number of para-hydroxylation sites is 1. The molecule has 4 heteroatoms. The van der Waals surface area contributed by atoms with E-state index in [-0.39, 0.29) is 0 Å². The first-order chi connectivity index (χ1) is 9.69. The number of hydrogen-bond donors (Lipinski definition) is 0. The monoisotopic (exact) mass is 301 g/mol. The third kappa shape index (κ3) is 2.28. The smallest absolute Gasteiger partial charge is 0.169 e. The van der Waals surface area contributed by atoms with Gasteiger partial charge in [-0.15, -0.1) is 0 Å². The van der Waals surface area contributed by atoms with Crippen molar-refractivity contribution in [1.82, 2.24) is 4.98 Å². The highest BCUT2D eigenvalue weighted by Crippen LogP contribution is 2.33. The number of fused-ring (bicyclic) bond motifs is 1. The van der Waals surface area contributed by atoms with Crippen molar-refractivity contribution in [2.75, 3.05) is 0 Å².